The summed E-state index contributed by atoms with van der Waals surface area (Å²) in [4.78, 5) is 17.0. The second-order valence-corrected chi connectivity index (χ2v) is 8.24. The summed E-state index contributed by atoms with van der Waals surface area (Å²) in [6, 6.07) is 0.386. The lowest BCUT2D eigenvalue weighted by Crippen LogP contribution is -2.53. The first-order valence-corrected chi connectivity index (χ1v) is 11.1. The highest BCUT2D eigenvalue weighted by Crippen LogP contribution is 2.32. The van der Waals surface area contributed by atoms with Gasteiger partial charge in [0.2, 0.25) is 0 Å². The summed E-state index contributed by atoms with van der Waals surface area (Å²) in [7, 11) is 1.66. The highest BCUT2D eigenvalue weighted by atomic mass is 35.5. The Kier molecular flexibility index (Phi) is 11.2. The maximum atomic E-state index is 12.0. The van der Waals surface area contributed by atoms with Crippen LogP contribution in [-0.2, 0) is 23.7 Å². The van der Waals surface area contributed by atoms with Crippen LogP contribution in [0.4, 0.5) is 0 Å². The number of nitrogens with zero attached hydrogens (tertiary/aromatic N) is 2. The van der Waals surface area contributed by atoms with E-state index in [1.165, 1.54) is 19.3 Å². The summed E-state index contributed by atoms with van der Waals surface area (Å²) < 4.78 is 22.6. The largest absolute Gasteiger partial charge is 0.466 e. The van der Waals surface area contributed by atoms with Gasteiger partial charge >= 0.3 is 5.97 Å². The molecule has 3 aliphatic rings. The minimum absolute atomic E-state index is 0. The molecule has 29 heavy (non-hydrogen) atoms. The van der Waals surface area contributed by atoms with Crippen molar-refractivity contribution in [2.24, 2.45) is 5.92 Å². The molecule has 0 aromatic rings. The molecule has 0 aromatic heterocycles. The number of likely N-dealkylation sites (tertiary alicyclic amines) is 2. The van der Waals surface area contributed by atoms with Crippen molar-refractivity contribution in [3.63, 3.8) is 0 Å². The van der Waals surface area contributed by atoms with Crippen LogP contribution in [0.1, 0.15) is 58.3 Å². The molecule has 1 aliphatic carbocycles. The topological polar surface area (TPSA) is 60.5 Å². The third-order valence-electron chi connectivity index (χ3n) is 6.28. The van der Waals surface area contributed by atoms with Crippen molar-refractivity contribution in [1.82, 2.24) is 9.80 Å². The van der Waals surface area contributed by atoms with Crippen molar-refractivity contribution >= 4 is 18.4 Å². The molecule has 2 unspecified atom stereocenters. The third-order valence-corrected chi connectivity index (χ3v) is 6.28. The third kappa shape index (κ3) is 7.04. The Morgan fingerprint density at radius 1 is 1.03 bits per heavy atom. The lowest BCUT2D eigenvalue weighted by molar-refractivity contribution is -0.194. The van der Waals surface area contributed by atoms with Crippen molar-refractivity contribution < 1.29 is 23.7 Å². The molecule has 2 saturated heterocycles. The van der Waals surface area contributed by atoms with E-state index in [4.69, 9.17) is 18.9 Å². The Morgan fingerprint density at radius 2 is 1.76 bits per heavy atom. The molecule has 0 bridgehead atoms. The Morgan fingerprint density at radius 3 is 2.41 bits per heavy atom. The maximum absolute atomic E-state index is 12.0. The van der Waals surface area contributed by atoms with E-state index in [1.807, 2.05) is 6.92 Å². The second kappa shape index (κ2) is 13.1. The predicted molar refractivity (Wildman–Crippen MR) is 113 cm³/mol. The van der Waals surface area contributed by atoms with Crippen molar-refractivity contribution in [3.8, 4) is 0 Å². The number of halogens is 1. The highest BCUT2D eigenvalue weighted by Gasteiger charge is 2.38. The number of carbonyl (C=O) groups excluding carboxylic acids is 1. The van der Waals surface area contributed by atoms with Gasteiger partial charge in [-0.1, -0.05) is 0 Å². The zero-order valence-corrected chi connectivity index (χ0v) is 18.9. The van der Waals surface area contributed by atoms with E-state index < -0.39 is 0 Å². The van der Waals surface area contributed by atoms with Crippen LogP contribution >= 0.6 is 12.4 Å². The van der Waals surface area contributed by atoms with Gasteiger partial charge in [0, 0.05) is 32.8 Å². The molecule has 8 heteroatoms. The fraction of sp³-hybridized carbons (Fsp3) is 0.952. The number of ether oxygens (including phenoxy) is 4. The minimum atomic E-state index is -0.0352. The van der Waals surface area contributed by atoms with Gasteiger partial charge in [0.05, 0.1) is 25.2 Å². The molecular formula is C21H39ClN2O5. The van der Waals surface area contributed by atoms with Gasteiger partial charge in [-0.05, 0) is 58.3 Å². The van der Waals surface area contributed by atoms with Gasteiger partial charge in [-0.15, -0.1) is 12.4 Å². The number of carbonyl (C=O) groups is 1. The number of esters is 1. The highest BCUT2D eigenvalue weighted by molar-refractivity contribution is 5.85. The molecule has 2 aliphatic heterocycles. The molecule has 7 nitrogen and oxygen atoms in total. The number of methoxy groups -OCH3 is 1. The fourth-order valence-electron chi connectivity index (χ4n) is 4.80. The molecule has 2 heterocycles. The van der Waals surface area contributed by atoms with Crippen LogP contribution in [0.2, 0.25) is 0 Å². The summed E-state index contributed by atoms with van der Waals surface area (Å²) in [6.45, 7) is 6.63. The normalized spacial score (nSPS) is 29.5. The molecule has 1 saturated carbocycles. The van der Waals surface area contributed by atoms with Gasteiger partial charge in [0.1, 0.15) is 6.79 Å². The average Bonchev–Trinajstić information content (AvgIpc) is 3.39. The molecule has 0 amide bonds. The van der Waals surface area contributed by atoms with E-state index in [-0.39, 0.29) is 36.8 Å². The van der Waals surface area contributed by atoms with Gasteiger partial charge in [0.25, 0.3) is 0 Å². The van der Waals surface area contributed by atoms with Gasteiger partial charge < -0.3 is 18.9 Å². The smallest absolute Gasteiger partial charge is 0.308 e. The Hall–Kier alpha value is -0.440. The van der Waals surface area contributed by atoms with Crippen molar-refractivity contribution in [1.29, 1.82) is 0 Å². The summed E-state index contributed by atoms with van der Waals surface area (Å²) in [5, 5.41) is 0. The van der Waals surface area contributed by atoms with Gasteiger partial charge in [0.15, 0.2) is 6.35 Å². The Bertz CT molecular complexity index is 470. The molecule has 170 valence electrons. The van der Waals surface area contributed by atoms with Gasteiger partial charge in [-0.25, -0.2) is 0 Å². The van der Waals surface area contributed by atoms with E-state index in [2.05, 4.69) is 9.80 Å². The molecule has 0 radical (unpaired) electrons. The standard InChI is InChI=1S/C21H38N2O5.ClH/c1-3-27-20(24)17-8-10-19(11-9-17)28-21(22-12-4-5-13-22)23-14-6-7-18(23)15-26-16-25-2;/h17-19,21H,3-16H2,1-2H3;1H. The molecule has 0 spiro atoms. The fourth-order valence-corrected chi connectivity index (χ4v) is 4.80. The van der Waals surface area contributed by atoms with Crippen molar-refractivity contribution in [3.05, 3.63) is 0 Å². The zero-order chi connectivity index (χ0) is 19.8. The average molecular weight is 435 g/mol. The number of rotatable bonds is 10. The first kappa shape index (κ1) is 24.8. The van der Waals surface area contributed by atoms with E-state index in [0.29, 0.717) is 26.0 Å². The molecule has 3 fully saturated rings. The minimum Gasteiger partial charge on any atom is -0.466 e. The van der Waals surface area contributed by atoms with Crippen LogP contribution in [0.3, 0.4) is 0 Å². The van der Waals surface area contributed by atoms with Crippen molar-refractivity contribution in [2.75, 3.05) is 46.8 Å². The molecular weight excluding hydrogens is 396 g/mol. The van der Waals surface area contributed by atoms with E-state index >= 15 is 0 Å². The number of hydrogen-bond donors (Lipinski definition) is 0. The van der Waals surface area contributed by atoms with Gasteiger partial charge in [-0.2, -0.15) is 0 Å². The summed E-state index contributed by atoms with van der Waals surface area (Å²) in [5.41, 5.74) is 0. The summed E-state index contributed by atoms with van der Waals surface area (Å²) in [6.07, 6.45) is 8.69. The van der Waals surface area contributed by atoms with E-state index in [1.54, 1.807) is 7.11 Å². The molecule has 0 N–H and O–H groups in total. The second-order valence-electron chi connectivity index (χ2n) is 8.24. The van der Waals surface area contributed by atoms with E-state index in [9.17, 15) is 4.79 Å². The lowest BCUT2D eigenvalue weighted by atomic mass is 9.87. The summed E-state index contributed by atoms with van der Waals surface area (Å²) in [5.74, 6) is 0.0129. The predicted octanol–water partition coefficient (Wildman–Crippen LogP) is 3.01. The summed E-state index contributed by atoms with van der Waals surface area (Å²) >= 11 is 0. The SMILES string of the molecule is CCOC(=O)C1CCC(OC(N2CCCC2)N2CCCC2COCOC)CC1.Cl. The van der Waals surface area contributed by atoms with Crippen LogP contribution in [-0.4, -0.2) is 81.0 Å². The monoisotopic (exact) mass is 434 g/mol. The van der Waals surface area contributed by atoms with Gasteiger partial charge in [-0.3, -0.25) is 14.6 Å². The lowest BCUT2D eigenvalue weighted by Gasteiger charge is -2.41. The first-order valence-electron chi connectivity index (χ1n) is 11.1. The quantitative estimate of drug-likeness (QED) is 0.297. The van der Waals surface area contributed by atoms with Crippen molar-refractivity contribution in [2.45, 2.75) is 76.8 Å². The molecule has 0 aromatic carbocycles. The van der Waals surface area contributed by atoms with Crippen LogP contribution in [0, 0.1) is 5.92 Å². The number of hydrogen-bond acceptors (Lipinski definition) is 7. The first-order chi connectivity index (χ1) is 13.7. The van der Waals surface area contributed by atoms with Crippen LogP contribution in [0.25, 0.3) is 0 Å². The maximum Gasteiger partial charge on any atom is 0.308 e. The van der Waals surface area contributed by atoms with Crippen LogP contribution in [0.5, 0.6) is 0 Å². The molecule has 2 atom stereocenters. The zero-order valence-electron chi connectivity index (χ0n) is 18.1. The Balaban J connectivity index is 0.00000300. The molecule has 3 rings (SSSR count). The van der Waals surface area contributed by atoms with E-state index in [0.717, 1.165) is 51.7 Å². The van der Waals surface area contributed by atoms with Crippen LogP contribution in [0.15, 0.2) is 0 Å². The van der Waals surface area contributed by atoms with Crippen LogP contribution < -0.4 is 0 Å². The Labute approximate surface area is 181 Å².